The minimum absolute atomic E-state index is 0.785. The number of likely N-dealkylation sites (N-methyl/N-ethyl adjacent to an activating group) is 1. The van der Waals surface area contributed by atoms with Gasteiger partial charge in [-0.05, 0) is 26.3 Å². The van der Waals surface area contributed by atoms with Gasteiger partial charge in [-0.15, -0.1) is 11.3 Å². The van der Waals surface area contributed by atoms with Crippen molar-refractivity contribution in [2.45, 2.75) is 37.9 Å². The molecule has 0 N–H and O–H groups in total. The van der Waals surface area contributed by atoms with E-state index in [0.717, 1.165) is 18.6 Å². The molecule has 2 atom stereocenters. The van der Waals surface area contributed by atoms with E-state index in [1.165, 1.54) is 37.4 Å². The molecule has 16 heavy (non-hydrogen) atoms. The van der Waals surface area contributed by atoms with Gasteiger partial charge in [-0.2, -0.15) is 0 Å². The van der Waals surface area contributed by atoms with Crippen molar-refractivity contribution in [2.75, 3.05) is 20.1 Å². The van der Waals surface area contributed by atoms with E-state index in [-0.39, 0.29) is 0 Å². The topological polar surface area (TPSA) is 19.4 Å². The first-order valence-corrected chi connectivity index (χ1v) is 7.03. The third kappa shape index (κ3) is 2.01. The Morgan fingerprint density at radius 1 is 1.38 bits per heavy atom. The number of fused-ring (bicyclic) bond motifs is 2. The van der Waals surface area contributed by atoms with Crippen LogP contribution in [0.2, 0.25) is 0 Å². The van der Waals surface area contributed by atoms with Gasteiger partial charge in [0.1, 0.15) is 5.01 Å². The molecule has 0 aromatic carbocycles. The maximum atomic E-state index is 4.39. The summed E-state index contributed by atoms with van der Waals surface area (Å²) in [6.07, 6.45) is 6.04. The minimum atomic E-state index is 0.785. The Labute approximate surface area is 101 Å². The third-order valence-electron chi connectivity index (χ3n) is 4.07. The third-order valence-corrected chi connectivity index (χ3v) is 4.84. The van der Waals surface area contributed by atoms with E-state index in [9.17, 15) is 0 Å². The molecule has 2 bridgehead atoms. The standard InChI is InChI=1S/C12H19N3S/c1-14-10-2-3-11(14)8-15(6-4-10)9-12-13-5-7-16-12/h5,7,10-11H,2-4,6,8-9H2,1H3. The lowest BCUT2D eigenvalue weighted by atomic mass is 10.1. The first-order valence-electron chi connectivity index (χ1n) is 6.15. The van der Waals surface area contributed by atoms with Gasteiger partial charge >= 0.3 is 0 Å². The molecule has 2 saturated heterocycles. The van der Waals surface area contributed by atoms with Crippen molar-refractivity contribution in [3.05, 3.63) is 16.6 Å². The van der Waals surface area contributed by atoms with E-state index in [1.807, 2.05) is 6.20 Å². The van der Waals surface area contributed by atoms with E-state index >= 15 is 0 Å². The lowest BCUT2D eigenvalue weighted by Gasteiger charge is -2.24. The Morgan fingerprint density at radius 2 is 2.25 bits per heavy atom. The van der Waals surface area contributed by atoms with Crippen molar-refractivity contribution in [1.82, 2.24) is 14.8 Å². The predicted molar refractivity (Wildman–Crippen MR) is 66.6 cm³/mol. The summed E-state index contributed by atoms with van der Waals surface area (Å²) < 4.78 is 0. The molecule has 3 nitrogen and oxygen atoms in total. The Kier molecular flexibility index (Phi) is 2.96. The number of hydrogen-bond acceptors (Lipinski definition) is 4. The highest BCUT2D eigenvalue weighted by Crippen LogP contribution is 2.29. The molecule has 2 aliphatic heterocycles. The van der Waals surface area contributed by atoms with Crippen molar-refractivity contribution < 1.29 is 0 Å². The van der Waals surface area contributed by atoms with Crippen LogP contribution in [0.1, 0.15) is 24.3 Å². The smallest absolute Gasteiger partial charge is 0.107 e. The molecule has 88 valence electrons. The van der Waals surface area contributed by atoms with Gasteiger partial charge in [-0.25, -0.2) is 4.98 Å². The molecule has 0 radical (unpaired) electrons. The lowest BCUT2D eigenvalue weighted by Crippen LogP contribution is -2.36. The van der Waals surface area contributed by atoms with Crippen LogP contribution in [0.4, 0.5) is 0 Å². The minimum Gasteiger partial charge on any atom is -0.299 e. The molecule has 1 aromatic rings. The average Bonchev–Trinajstić information content (AvgIpc) is 2.82. The van der Waals surface area contributed by atoms with E-state index in [2.05, 4.69) is 27.2 Å². The van der Waals surface area contributed by atoms with Gasteiger partial charge in [-0.1, -0.05) is 0 Å². The van der Waals surface area contributed by atoms with Gasteiger partial charge in [-0.3, -0.25) is 9.80 Å². The summed E-state index contributed by atoms with van der Waals surface area (Å²) in [5.74, 6) is 0. The highest BCUT2D eigenvalue weighted by Gasteiger charge is 2.34. The number of likely N-dealkylation sites (tertiary alicyclic amines) is 1. The molecule has 4 heteroatoms. The first-order chi connectivity index (χ1) is 7.83. The number of hydrogen-bond donors (Lipinski definition) is 0. The van der Waals surface area contributed by atoms with Crippen molar-refractivity contribution in [3.63, 3.8) is 0 Å². The molecule has 0 aliphatic carbocycles. The molecule has 3 rings (SSSR count). The zero-order valence-corrected chi connectivity index (χ0v) is 10.6. The molecular formula is C12H19N3S. The predicted octanol–water partition coefficient (Wildman–Crippen LogP) is 1.81. The van der Waals surface area contributed by atoms with Crippen LogP contribution in [-0.4, -0.2) is 47.0 Å². The normalized spacial score (nSPS) is 31.8. The summed E-state index contributed by atoms with van der Waals surface area (Å²) >= 11 is 1.78. The molecule has 2 aliphatic rings. The first kappa shape index (κ1) is 10.7. The Balaban J connectivity index is 1.65. The van der Waals surface area contributed by atoms with Gasteiger partial charge < -0.3 is 0 Å². The fourth-order valence-corrected chi connectivity index (χ4v) is 3.70. The zero-order chi connectivity index (χ0) is 11.0. The number of aromatic nitrogens is 1. The van der Waals surface area contributed by atoms with E-state index in [1.54, 1.807) is 11.3 Å². The molecule has 0 saturated carbocycles. The molecule has 1 aromatic heterocycles. The van der Waals surface area contributed by atoms with E-state index in [0.29, 0.717) is 0 Å². The summed E-state index contributed by atoms with van der Waals surface area (Å²) in [7, 11) is 2.30. The largest absolute Gasteiger partial charge is 0.299 e. The summed E-state index contributed by atoms with van der Waals surface area (Å²) in [5.41, 5.74) is 0. The van der Waals surface area contributed by atoms with Crippen molar-refractivity contribution in [1.29, 1.82) is 0 Å². The van der Waals surface area contributed by atoms with Crippen molar-refractivity contribution in [2.24, 2.45) is 0 Å². The summed E-state index contributed by atoms with van der Waals surface area (Å²) in [5, 5.41) is 3.34. The van der Waals surface area contributed by atoms with E-state index in [4.69, 9.17) is 0 Å². The molecule has 2 unspecified atom stereocenters. The Morgan fingerprint density at radius 3 is 3.06 bits per heavy atom. The van der Waals surface area contributed by atoms with Crippen LogP contribution in [0.5, 0.6) is 0 Å². The van der Waals surface area contributed by atoms with E-state index < -0.39 is 0 Å². The van der Waals surface area contributed by atoms with Gasteiger partial charge in [0.2, 0.25) is 0 Å². The van der Waals surface area contributed by atoms with Crippen LogP contribution in [0, 0.1) is 0 Å². The SMILES string of the molecule is CN1C2CCC1CN(Cc1nccs1)CC2. The van der Waals surface area contributed by atoms with Gasteiger partial charge in [0.05, 0.1) is 6.54 Å². The molecular weight excluding hydrogens is 218 g/mol. The average molecular weight is 237 g/mol. The second kappa shape index (κ2) is 4.43. The van der Waals surface area contributed by atoms with Crippen molar-refractivity contribution >= 4 is 11.3 Å². The fraction of sp³-hybridized carbons (Fsp3) is 0.750. The van der Waals surface area contributed by atoms with Crippen LogP contribution >= 0.6 is 11.3 Å². The number of thiazole rings is 1. The van der Waals surface area contributed by atoms with Crippen LogP contribution in [0.15, 0.2) is 11.6 Å². The monoisotopic (exact) mass is 237 g/mol. The highest BCUT2D eigenvalue weighted by molar-refractivity contribution is 7.09. The van der Waals surface area contributed by atoms with Gasteiger partial charge in [0, 0.05) is 36.8 Å². The van der Waals surface area contributed by atoms with Crippen LogP contribution in [0.3, 0.4) is 0 Å². The highest BCUT2D eigenvalue weighted by atomic mass is 32.1. The summed E-state index contributed by atoms with van der Waals surface area (Å²) in [6, 6.07) is 1.62. The maximum Gasteiger partial charge on any atom is 0.107 e. The second-order valence-corrected chi connectivity index (χ2v) is 5.98. The van der Waals surface area contributed by atoms with Crippen LogP contribution < -0.4 is 0 Å². The molecule has 3 heterocycles. The number of nitrogens with zero attached hydrogens (tertiary/aromatic N) is 3. The van der Waals surface area contributed by atoms with Crippen molar-refractivity contribution in [3.8, 4) is 0 Å². The lowest BCUT2D eigenvalue weighted by molar-refractivity contribution is 0.214. The second-order valence-electron chi connectivity index (χ2n) is 5.00. The molecule has 0 amide bonds. The summed E-state index contributed by atoms with van der Waals surface area (Å²) in [4.78, 5) is 9.57. The Hall–Kier alpha value is -0.450. The Bertz CT molecular complexity index is 338. The number of rotatable bonds is 2. The molecule has 0 spiro atoms. The molecule has 2 fully saturated rings. The van der Waals surface area contributed by atoms with Crippen LogP contribution in [0.25, 0.3) is 0 Å². The zero-order valence-electron chi connectivity index (χ0n) is 9.80. The van der Waals surface area contributed by atoms with Gasteiger partial charge in [0.15, 0.2) is 0 Å². The van der Waals surface area contributed by atoms with Crippen LogP contribution in [-0.2, 0) is 6.54 Å². The van der Waals surface area contributed by atoms with Gasteiger partial charge in [0.25, 0.3) is 0 Å². The maximum absolute atomic E-state index is 4.39. The quantitative estimate of drug-likeness (QED) is 0.782. The fourth-order valence-electron chi connectivity index (χ4n) is 3.05. The summed E-state index contributed by atoms with van der Waals surface area (Å²) in [6.45, 7) is 3.52.